The van der Waals surface area contributed by atoms with E-state index in [4.69, 9.17) is 19.5 Å². The van der Waals surface area contributed by atoms with Crippen molar-refractivity contribution in [3.63, 3.8) is 0 Å². The maximum absolute atomic E-state index is 14.2. The van der Waals surface area contributed by atoms with Crippen molar-refractivity contribution in [2.24, 2.45) is 11.8 Å². The Hall–Kier alpha value is -4.24. The molecule has 3 aromatic rings. The van der Waals surface area contributed by atoms with Gasteiger partial charge in [0.25, 0.3) is 0 Å². The van der Waals surface area contributed by atoms with Gasteiger partial charge in [-0.25, -0.2) is 4.90 Å². The molecule has 3 aliphatic heterocycles. The summed E-state index contributed by atoms with van der Waals surface area (Å²) in [6.07, 6.45) is 1.06. The Kier molecular flexibility index (Phi) is 5.91. The minimum Gasteiger partial charge on any atom is -0.493 e. The van der Waals surface area contributed by atoms with Crippen LogP contribution in [0.4, 0.5) is 5.69 Å². The number of anilines is 1. The van der Waals surface area contributed by atoms with Crippen LogP contribution < -0.4 is 9.64 Å². The van der Waals surface area contributed by atoms with E-state index in [1.165, 1.54) is 4.90 Å². The molecule has 0 unspecified atom stereocenters. The number of methoxy groups -OCH3 is 1. The predicted octanol–water partition coefficient (Wildman–Crippen LogP) is 4.49. The normalized spacial score (nSPS) is 28.9. The van der Waals surface area contributed by atoms with E-state index in [1.54, 1.807) is 43.5 Å². The largest absolute Gasteiger partial charge is 0.493 e. The number of nitrogens with zero attached hydrogens (tertiary/aromatic N) is 3. The molecule has 196 valence electrons. The summed E-state index contributed by atoms with van der Waals surface area (Å²) in [5, 5.41) is 20.0. The van der Waals surface area contributed by atoms with E-state index < -0.39 is 23.0 Å². The zero-order valence-corrected chi connectivity index (χ0v) is 21.7. The molecule has 0 aromatic heterocycles. The maximum Gasteiger partial charge on any atom is 0.240 e. The molecule has 0 saturated carbocycles. The van der Waals surface area contributed by atoms with E-state index in [1.807, 2.05) is 31.2 Å². The van der Waals surface area contributed by atoms with Crippen LogP contribution in [0.15, 0.2) is 60.7 Å². The van der Waals surface area contributed by atoms with Crippen molar-refractivity contribution < 1.29 is 23.8 Å². The summed E-state index contributed by atoms with van der Waals surface area (Å²) in [5.74, 6) is -1.32. The highest BCUT2D eigenvalue weighted by Crippen LogP contribution is 2.64. The molecule has 5 atom stereocenters. The van der Waals surface area contributed by atoms with Gasteiger partial charge in [-0.15, -0.1) is 0 Å². The minimum atomic E-state index is -0.919. The topological polar surface area (TPSA) is 113 Å². The second-order valence-electron chi connectivity index (χ2n) is 10.4. The number of fused-ring (bicyclic) bond motifs is 6. The number of hydrogen-bond donors (Lipinski definition) is 0. The van der Waals surface area contributed by atoms with E-state index in [0.717, 1.165) is 0 Å². The Morgan fingerprint density at radius 1 is 0.974 bits per heavy atom. The molecule has 0 radical (unpaired) electrons. The van der Waals surface area contributed by atoms with Gasteiger partial charge in [-0.1, -0.05) is 31.2 Å². The lowest BCUT2D eigenvalue weighted by Gasteiger charge is -2.36. The molecule has 39 heavy (non-hydrogen) atoms. The molecule has 6 rings (SSSR count). The fourth-order valence-corrected chi connectivity index (χ4v) is 7.01. The van der Waals surface area contributed by atoms with Crippen LogP contribution in [0.3, 0.4) is 0 Å². The van der Waals surface area contributed by atoms with Gasteiger partial charge in [0.15, 0.2) is 0 Å². The maximum atomic E-state index is 14.2. The monoisotopic (exact) mass is 521 g/mol. The third-order valence-electron chi connectivity index (χ3n) is 8.75. The molecule has 0 N–H and O–H groups in total. The van der Waals surface area contributed by atoms with E-state index >= 15 is 0 Å². The van der Waals surface area contributed by atoms with Gasteiger partial charge in [0.2, 0.25) is 11.8 Å². The van der Waals surface area contributed by atoms with Gasteiger partial charge in [-0.3, -0.25) is 9.59 Å². The van der Waals surface area contributed by atoms with Crippen molar-refractivity contribution in [2.75, 3.05) is 18.6 Å². The number of nitriles is 2. The second-order valence-corrected chi connectivity index (χ2v) is 10.4. The summed E-state index contributed by atoms with van der Waals surface area (Å²) in [7, 11) is 1.62. The quantitative estimate of drug-likeness (QED) is 0.421. The Morgan fingerprint density at radius 2 is 1.69 bits per heavy atom. The molecular formula is C31H27N3O5. The smallest absolute Gasteiger partial charge is 0.240 e. The summed E-state index contributed by atoms with van der Waals surface area (Å²) in [6, 6.07) is 21.8. The van der Waals surface area contributed by atoms with Gasteiger partial charge in [-0.05, 0) is 42.8 Å². The molecule has 8 nitrogen and oxygen atoms in total. The van der Waals surface area contributed by atoms with Gasteiger partial charge >= 0.3 is 0 Å². The van der Waals surface area contributed by atoms with Gasteiger partial charge in [0.1, 0.15) is 11.4 Å². The molecule has 0 spiro atoms. The molecule has 2 bridgehead atoms. The summed E-state index contributed by atoms with van der Waals surface area (Å²) in [5.41, 5.74) is -0.328. The van der Waals surface area contributed by atoms with Crippen LogP contribution in [0.5, 0.6) is 5.75 Å². The van der Waals surface area contributed by atoms with E-state index in [2.05, 4.69) is 12.1 Å². The zero-order valence-electron chi connectivity index (χ0n) is 21.7. The van der Waals surface area contributed by atoms with Crippen LogP contribution in [0.1, 0.15) is 37.3 Å². The predicted molar refractivity (Wildman–Crippen MR) is 142 cm³/mol. The highest BCUT2D eigenvalue weighted by molar-refractivity contribution is 6.26. The molecule has 3 saturated heterocycles. The number of hydrogen-bond acceptors (Lipinski definition) is 7. The standard InChI is InChI=1S/C31H27N3O5/c1-3-31-25(37-2)16-30(39-31,14-15-38-21-11-8-19(17-32)9-12-21)26-27(31)29(36)34(28(26)35)24-13-10-20(18-33)22-6-4-5-7-23(22)24/h4-13,25-27H,3,14-16H2,1-2H3/t25-,26+,27-,30+,31-/m0/s1. The third kappa shape index (κ3) is 3.49. The molecule has 8 heteroatoms. The summed E-state index contributed by atoms with van der Waals surface area (Å²) in [4.78, 5) is 29.7. The molecule has 3 fully saturated rings. The highest BCUT2D eigenvalue weighted by atomic mass is 16.6. The number of amides is 2. The lowest BCUT2D eigenvalue weighted by molar-refractivity contribution is -0.138. The fraction of sp³-hybridized carbons (Fsp3) is 0.355. The Morgan fingerprint density at radius 3 is 2.36 bits per heavy atom. The average molecular weight is 522 g/mol. The lowest BCUT2D eigenvalue weighted by Crippen LogP contribution is -2.51. The van der Waals surface area contributed by atoms with Crippen molar-refractivity contribution in [1.82, 2.24) is 0 Å². The number of carbonyl (C=O) groups is 2. The fourth-order valence-electron chi connectivity index (χ4n) is 7.01. The van der Waals surface area contributed by atoms with E-state index in [9.17, 15) is 14.9 Å². The average Bonchev–Trinajstić information content (AvgIpc) is 3.56. The van der Waals surface area contributed by atoms with Crippen LogP contribution in [0, 0.1) is 34.5 Å². The van der Waals surface area contributed by atoms with Crippen molar-refractivity contribution in [1.29, 1.82) is 10.5 Å². The first-order valence-electron chi connectivity index (χ1n) is 13.1. The zero-order chi connectivity index (χ0) is 27.4. The molecule has 2 amide bonds. The molecular weight excluding hydrogens is 494 g/mol. The van der Waals surface area contributed by atoms with Crippen LogP contribution in [-0.2, 0) is 19.1 Å². The van der Waals surface area contributed by atoms with E-state index in [0.29, 0.717) is 52.6 Å². The third-order valence-corrected chi connectivity index (χ3v) is 8.75. The molecule has 0 aliphatic carbocycles. The molecule has 3 heterocycles. The SMILES string of the molecule is CC[C@]12O[C@](CCOc3ccc(C#N)cc3)(C[C@@H]1OC)[C@H]1C(=O)N(c3ccc(C#N)c4ccccc34)C(=O)[C@H]12. The molecule has 3 aliphatic rings. The van der Waals surface area contributed by atoms with Crippen LogP contribution in [0.2, 0.25) is 0 Å². The number of carbonyl (C=O) groups excluding carboxylic acids is 2. The Labute approximate surface area is 226 Å². The van der Waals surface area contributed by atoms with Crippen molar-refractivity contribution >= 4 is 28.3 Å². The highest BCUT2D eigenvalue weighted by Gasteiger charge is 2.78. The van der Waals surface area contributed by atoms with Crippen LogP contribution in [0.25, 0.3) is 10.8 Å². The van der Waals surface area contributed by atoms with Crippen LogP contribution in [-0.4, -0.2) is 42.8 Å². The van der Waals surface area contributed by atoms with Gasteiger partial charge in [0, 0.05) is 30.7 Å². The lowest BCUT2D eigenvalue weighted by atomic mass is 9.64. The Bertz CT molecular complexity index is 1570. The number of benzene rings is 3. The second kappa shape index (κ2) is 9.20. The Balaban J connectivity index is 1.37. The number of ether oxygens (including phenoxy) is 3. The first-order chi connectivity index (χ1) is 18.9. The first kappa shape index (κ1) is 25.1. The summed E-state index contributed by atoms with van der Waals surface area (Å²) < 4.78 is 18.6. The van der Waals surface area contributed by atoms with Crippen molar-refractivity contribution in [3.8, 4) is 17.9 Å². The van der Waals surface area contributed by atoms with Gasteiger partial charge in [0.05, 0.1) is 59.1 Å². The summed E-state index contributed by atoms with van der Waals surface area (Å²) in [6.45, 7) is 2.24. The van der Waals surface area contributed by atoms with Crippen molar-refractivity contribution in [3.05, 3.63) is 71.8 Å². The van der Waals surface area contributed by atoms with Gasteiger partial charge in [-0.2, -0.15) is 10.5 Å². The number of rotatable bonds is 7. The minimum absolute atomic E-state index is 0.270. The first-order valence-corrected chi connectivity index (χ1v) is 13.1. The number of imide groups is 1. The van der Waals surface area contributed by atoms with E-state index in [-0.39, 0.29) is 24.5 Å². The van der Waals surface area contributed by atoms with Gasteiger partial charge < -0.3 is 14.2 Å². The summed E-state index contributed by atoms with van der Waals surface area (Å²) >= 11 is 0. The van der Waals surface area contributed by atoms with Crippen LogP contribution >= 0.6 is 0 Å². The van der Waals surface area contributed by atoms with Crippen molar-refractivity contribution in [2.45, 2.75) is 43.5 Å². The molecule has 3 aromatic carbocycles.